The summed E-state index contributed by atoms with van der Waals surface area (Å²) in [5, 5.41) is 12.6. The number of nitrogens with one attached hydrogen (secondary N) is 1. The molecular formula is C16H16FNO3. The molecule has 0 bridgehead atoms. The third-order valence-electron chi connectivity index (χ3n) is 2.85. The topological polar surface area (TPSA) is 58.6 Å². The first-order chi connectivity index (χ1) is 10.1. The zero-order valence-corrected chi connectivity index (χ0v) is 11.5. The molecule has 2 aromatic carbocycles. The SMILES string of the molecule is CC(=O)Nc1ccc(OCC(O)c2ccccc2F)cc1. The Balaban J connectivity index is 1.94. The Bertz CT molecular complexity index is 613. The van der Waals surface area contributed by atoms with E-state index in [1.807, 2.05) is 0 Å². The van der Waals surface area contributed by atoms with Crippen LogP contribution in [0.1, 0.15) is 18.6 Å². The molecule has 0 spiro atoms. The molecule has 1 atom stereocenters. The van der Waals surface area contributed by atoms with Crippen molar-refractivity contribution in [3.63, 3.8) is 0 Å². The summed E-state index contributed by atoms with van der Waals surface area (Å²) >= 11 is 0. The van der Waals surface area contributed by atoms with Gasteiger partial charge in [-0.05, 0) is 30.3 Å². The average molecular weight is 289 g/mol. The highest BCUT2D eigenvalue weighted by Gasteiger charge is 2.12. The Morgan fingerprint density at radius 1 is 1.24 bits per heavy atom. The van der Waals surface area contributed by atoms with Gasteiger partial charge >= 0.3 is 0 Å². The van der Waals surface area contributed by atoms with Crippen LogP contribution in [0.15, 0.2) is 48.5 Å². The maximum Gasteiger partial charge on any atom is 0.221 e. The molecule has 0 saturated carbocycles. The molecule has 0 aliphatic heterocycles. The summed E-state index contributed by atoms with van der Waals surface area (Å²) in [6, 6.07) is 12.7. The van der Waals surface area contributed by atoms with Crippen LogP contribution < -0.4 is 10.1 Å². The van der Waals surface area contributed by atoms with Gasteiger partial charge in [0.25, 0.3) is 0 Å². The third kappa shape index (κ3) is 4.29. The summed E-state index contributed by atoms with van der Waals surface area (Å²) in [5.41, 5.74) is 0.858. The molecule has 1 amide bonds. The van der Waals surface area contributed by atoms with Crippen LogP contribution in [0.25, 0.3) is 0 Å². The third-order valence-corrected chi connectivity index (χ3v) is 2.85. The number of rotatable bonds is 5. The number of aliphatic hydroxyl groups is 1. The highest BCUT2D eigenvalue weighted by atomic mass is 19.1. The number of benzene rings is 2. The number of hydrogen-bond donors (Lipinski definition) is 2. The van der Waals surface area contributed by atoms with E-state index in [2.05, 4.69) is 5.32 Å². The lowest BCUT2D eigenvalue weighted by atomic mass is 10.1. The Hall–Kier alpha value is -2.40. The second-order valence-corrected chi connectivity index (χ2v) is 4.55. The van der Waals surface area contributed by atoms with Crippen molar-refractivity contribution in [2.75, 3.05) is 11.9 Å². The van der Waals surface area contributed by atoms with Crippen LogP contribution >= 0.6 is 0 Å². The Kier molecular flexibility index (Phi) is 4.90. The molecule has 0 aliphatic rings. The summed E-state index contributed by atoms with van der Waals surface area (Å²) in [7, 11) is 0. The van der Waals surface area contributed by atoms with E-state index in [0.29, 0.717) is 11.4 Å². The first-order valence-electron chi connectivity index (χ1n) is 6.49. The lowest BCUT2D eigenvalue weighted by Crippen LogP contribution is -2.11. The van der Waals surface area contributed by atoms with E-state index in [9.17, 15) is 14.3 Å². The minimum Gasteiger partial charge on any atom is -0.491 e. The summed E-state index contributed by atoms with van der Waals surface area (Å²) in [4.78, 5) is 10.9. The van der Waals surface area contributed by atoms with E-state index < -0.39 is 11.9 Å². The van der Waals surface area contributed by atoms with Gasteiger partial charge in [0, 0.05) is 18.2 Å². The average Bonchev–Trinajstić information content (AvgIpc) is 2.46. The standard InChI is InChI=1S/C16H16FNO3/c1-11(19)18-12-6-8-13(9-7-12)21-10-16(20)14-4-2-3-5-15(14)17/h2-9,16,20H,10H2,1H3,(H,18,19). The molecule has 110 valence electrons. The molecule has 2 rings (SSSR count). The fourth-order valence-electron chi connectivity index (χ4n) is 1.85. The van der Waals surface area contributed by atoms with E-state index in [-0.39, 0.29) is 18.1 Å². The fourth-order valence-corrected chi connectivity index (χ4v) is 1.85. The van der Waals surface area contributed by atoms with Gasteiger partial charge in [-0.25, -0.2) is 4.39 Å². The molecule has 5 heteroatoms. The predicted octanol–water partition coefficient (Wildman–Crippen LogP) is 2.90. The highest BCUT2D eigenvalue weighted by Crippen LogP contribution is 2.20. The number of carbonyl (C=O) groups is 1. The summed E-state index contributed by atoms with van der Waals surface area (Å²) in [6.07, 6.45) is -1.04. The van der Waals surface area contributed by atoms with Crippen LogP contribution in [0.3, 0.4) is 0 Å². The van der Waals surface area contributed by atoms with Crippen molar-refractivity contribution < 1.29 is 19.0 Å². The second-order valence-electron chi connectivity index (χ2n) is 4.55. The molecule has 0 heterocycles. The lowest BCUT2D eigenvalue weighted by molar-refractivity contribution is -0.114. The molecule has 1 unspecified atom stereocenters. The number of aliphatic hydroxyl groups excluding tert-OH is 1. The van der Waals surface area contributed by atoms with Crippen LogP contribution in [0.4, 0.5) is 10.1 Å². The van der Waals surface area contributed by atoms with Crippen molar-refractivity contribution >= 4 is 11.6 Å². The molecule has 4 nitrogen and oxygen atoms in total. The molecule has 2 aromatic rings. The van der Waals surface area contributed by atoms with Gasteiger partial charge in [-0.3, -0.25) is 4.79 Å². The molecule has 0 radical (unpaired) electrons. The van der Waals surface area contributed by atoms with Gasteiger partial charge in [0.2, 0.25) is 5.91 Å². The quantitative estimate of drug-likeness (QED) is 0.889. The van der Waals surface area contributed by atoms with Crippen molar-refractivity contribution in [2.24, 2.45) is 0 Å². The van der Waals surface area contributed by atoms with Crippen LogP contribution in [0, 0.1) is 5.82 Å². The number of amides is 1. The van der Waals surface area contributed by atoms with Crippen molar-refractivity contribution in [3.8, 4) is 5.75 Å². The molecular weight excluding hydrogens is 273 g/mol. The fraction of sp³-hybridized carbons (Fsp3) is 0.188. The van der Waals surface area contributed by atoms with Gasteiger partial charge in [0.05, 0.1) is 0 Å². The van der Waals surface area contributed by atoms with E-state index in [1.54, 1.807) is 36.4 Å². The van der Waals surface area contributed by atoms with Gasteiger partial charge in [-0.2, -0.15) is 0 Å². The van der Waals surface area contributed by atoms with Crippen molar-refractivity contribution in [1.82, 2.24) is 0 Å². The number of hydrogen-bond acceptors (Lipinski definition) is 3. The van der Waals surface area contributed by atoms with Crippen molar-refractivity contribution in [3.05, 3.63) is 59.9 Å². The highest BCUT2D eigenvalue weighted by molar-refractivity contribution is 5.88. The van der Waals surface area contributed by atoms with Gasteiger partial charge in [-0.1, -0.05) is 18.2 Å². The molecule has 2 N–H and O–H groups in total. The number of ether oxygens (including phenoxy) is 1. The van der Waals surface area contributed by atoms with Gasteiger partial charge in [-0.15, -0.1) is 0 Å². The molecule has 0 saturated heterocycles. The minimum absolute atomic E-state index is 0.0551. The summed E-state index contributed by atoms with van der Waals surface area (Å²) in [5.74, 6) is -0.0901. The van der Waals surface area contributed by atoms with Crippen LogP contribution in [0.2, 0.25) is 0 Å². The Morgan fingerprint density at radius 2 is 1.90 bits per heavy atom. The zero-order valence-electron chi connectivity index (χ0n) is 11.5. The van der Waals surface area contributed by atoms with Crippen molar-refractivity contribution in [1.29, 1.82) is 0 Å². The Labute approximate surface area is 122 Å². The first-order valence-corrected chi connectivity index (χ1v) is 6.49. The van der Waals surface area contributed by atoms with Gasteiger partial charge < -0.3 is 15.2 Å². The largest absolute Gasteiger partial charge is 0.491 e. The van der Waals surface area contributed by atoms with Gasteiger partial charge in [0.1, 0.15) is 24.3 Å². The van der Waals surface area contributed by atoms with E-state index in [1.165, 1.54) is 19.1 Å². The molecule has 0 aliphatic carbocycles. The molecule has 0 aromatic heterocycles. The lowest BCUT2D eigenvalue weighted by Gasteiger charge is -2.13. The zero-order chi connectivity index (χ0) is 15.2. The molecule has 0 fully saturated rings. The van der Waals surface area contributed by atoms with Gasteiger partial charge in [0.15, 0.2) is 0 Å². The van der Waals surface area contributed by atoms with E-state index >= 15 is 0 Å². The number of halogens is 1. The predicted molar refractivity (Wildman–Crippen MR) is 77.6 cm³/mol. The van der Waals surface area contributed by atoms with Crippen LogP contribution in [0.5, 0.6) is 5.75 Å². The molecule has 21 heavy (non-hydrogen) atoms. The maximum absolute atomic E-state index is 13.5. The second kappa shape index (κ2) is 6.85. The van der Waals surface area contributed by atoms with E-state index in [0.717, 1.165) is 0 Å². The summed E-state index contributed by atoms with van der Waals surface area (Å²) in [6.45, 7) is 1.37. The van der Waals surface area contributed by atoms with Crippen LogP contribution in [-0.4, -0.2) is 17.6 Å². The monoisotopic (exact) mass is 289 g/mol. The summed E-state index contributed by atoms with van der Waals surface area (Å²) < 4.78 is 18.9. The number of anilines is 1. The van der Waals surface area contributed by atoms with E-state index in [4.69, 9.17) is 4.74 Å². The first kappa shape index (κ1) is 15.0. The van der Waals surface area contributed by atoms with Crippen molar-refractivity contribution in [2.45, 2.75) is 13.0 Å². The Morgan fingerprint density at radius 3 is 2.52 bits per heavy atom. The normalized spacial score (nSPS) is 11.8. The van der Waals surface area contributed by atoms with Crippen LogP contribution in [-0.2, 0) is 4.79 Å². The maximum atomic E-state index is 13.5. The smallest absolute Gasteiger partial charge is 0.221 e. The minimum atomic E-state index is -1.04. The number of carbonyl (C=O) groups excluding carboxylic acids is 1.